The molecule has 0 aliphatic carbocycles. The van der Waals surface area contributed by atoms with E-state index in [1.54, 1.807) is 4.90 Å². The first-order valence-electron chi connectivity index (χ1n) is 10.1. The molecular formula is C23H25F2NO3. The third-order valence-electron chi connectivity index (χ3n) is 6.06. The maximum Gasteiger partial charge on any atom is 0.410 e. The Labute approximate surface area is 169 Å². The van der Waals surface area contributed by atoms with E-state index in [9.17, 15) is 18.7 Å². The highest BCUT2D eigenvalue weighted by molar-refractivity contribution is 5.69. The number of amides is 1. The smallest absolute Gasteiger partial charge is 0.410 e. The van der Waals surface area contributed by atoms with Crippen LogP contribution in [0.1, 0.15) is 43.2 Å². The minimum absolute atomic E-state index is 0.0382. The Morgan fingerprint density at radius 3 is 2.45 bits per heavy atom. The molecule has 0 aromatic heterocycles. The van der Waals surface area contributed by atoms with Gasteiger partial charge in [-0.15, -0.1) is 0 Å². The van der Waals surface area contributed by atoms with Crippen LogP contribution in [0, 0.1) is 11.6 Å². The van der Waals surface area contributed by atoms with Crippen LogP contribution in [0.4, 0.5) is 13.6 Å². The fourth-order valence-corrected chi connectivity index (χ4v) is 4.80. The standard InChI is InChI=1S/C23H25F2NO3/c24-20-11-4-8-17(21(20)25)12-23(28)13-18-9-5-10-19(14-23)26(18)22(27)29-15-16-6-2-1-3-7-16/h1-4,6-8,11,18-19,28H,5,9-10,12-15H2. The van der Waals surface area contributed by atoms with Crippen molar-refractivity contribution in [3.8, 4) is 0 Å². The van der Waals surface area contributed by atoms with Crippen LogP contribution in [0.25, 0.3) is 0 Å². The molecule has 0 spiro atoms. The summed E-state index contributed by atoms with van der Waals surface area (Å²) in [7, 11) is 0. The summed E-state index contributed by atoms with van der Waals surface area (Å²) in [4.78, 5) is 14.5. The molecule has 2 fully saturated rings. The SMILES string of the molecule is O=C(OCc1ccccc1)N1C2CCCC1CC(O)(Cc1cccc(F)c1F)C2. The normalized spacial score (nSPS) is 26.2. The predicted molar refractivity (Wildman–Crippen MR) is 104 cm³/mol. The van der Waals surface area contributed by atoms with Gasteiger partial charge in [0.05, 0.1) is 5.60 Å². The van der Waals surface area contributed by atoms with Crippen LogP contribution in [-0.4, -0.2) is 33.8 Å². The molecule has 154 valence electrons. The monoisotopic (exact) mass is 401 g/mol. The fraction of sp³-hybridized carbons (Fsp3) is 0.435. The predicted octanol–water partition coefficient (Wildman–Crippen LogP) is 4.59. The zero-order valence-corrected chi connectivity index (χ0v) is 16.2. The summed E-state index contributed by atoms with van der Waals surface area (Å²) < 4.78 is 33.2. The Hall–Kier alpha value is -2.47. The molecule has 2 bridgehead atoms. The largest absolute Gasteiger partial charge is 0.445 e. The molecule has 2 heterocycles. The zero-order valence-electron chi connectivity index (χ0n) is 16.2. The highest BCUT2D eigenvalue weighted by atomic mass is 19.2. The summed E-state index contributed by atoms with van der Waals surface area (Å²) in [6.45, 7) is 0.203. The van der Waals surface area contributed by atoms with E-state index >= 15 is 0 Å². The molecule has 2 aliphatic rings. The van der Waals surface area contributed by atoms with E-state index in [0.717, 1.165) is 30.9 Å². The van der Waals surface area contributed by atoms with Crippen molar-refractivity contribution in [3.63, 3.8) is 0 Å². The van der Waals surface area contributed by atoms with Crippen molar-refractivity contribution in [2.24, 2.45) is 0 Å². The molecule has 4 nitrogen and oxygen atoms in total. The van der Waals surface area contributed by atoms with Gasteiger partial charge in [0, 0.05) is 18.5 Å². The number of ether oxygens (including phenoxy) is 1. The van der Waals surface area contributed by atoms with Crippen molar-refractivity contribution in [3.05, 3.63) is 71.3 Å². The van der Waals surface area contributed by atoms with Crippen LogP contribution >= 0.6 is 0 Å². The van der Waals surface area contributed by atoms with E-state index in [4.69, 9.17) is 4.74 Å². The molecule has 4 rings (SSSR count). The first-order chi connectivity index (χ1) is 14.0. The molecule has 2 aliphatic heterocycles. The van der Waals surface area contributed by atoms with E-state index in [-0.39, 0.29) is 36.8 Å². The maximum absolute atomic E-state index is 14.1. The average Bonchev–Trinajstić information content (AvgIpc) is 2.70. The molecule has 2 atom stereocenters. The van der Waals surface area contributed by atoms with E-state index in [1.807, 2.05) is 30.3 Å². The molecule has 1 N–H and O–H groups in total. The number of aliphatic hydroxyl groups is 1. The van der Waals surface area contributed by atoms with Gasteiger partial charge >= 0.3 is 6.09 Å². The molecule has 2 saturated heterocycles. The molecule has 0 saturated carbocycles. The number of benzene rings is 2. The van der Waals surface area contributed by atoms with Crippen LogP contribution in [0.15, 0.2) is 48.5 Å². The van der Waals surface area contributed by atoms with Crippen LogP contribution in [-0.2, 0) is 17.8 Å². The second-order valence-corrected chi connectivity index (χ2v) is 8.21. The van der Waals surface area contributed by atoms with Gasteiger partial charge in [0.1, 0.15) is 6.61 Å². The molecule has 2 aromatic rings. The quantitative estimate of drug-likeness (QED) is 0.815. The van der Waals surface area contributed by atoms with Gasteiger partial charge in [-0.2, -0.15) is 0 Å². The summed E-state index contributed by atoms with van der Waals surface area (Å²) in [5, 5.41) is 11.2. The average molecular weight is 401 g/mol. The number of piperidine rings is 2. The molecular weight excluding hydrogens is 376 g/mol. The number of hydrogen-bond donors (Lipinski definition) is 1. The number of nitrogens with zero attached hydrogens (tertiary/aromatic N) is 1. The number of hydrogen-bond acceptors (Lipinski definition) is 3. The summed E-state index contributed by atoms with van der Waals surface area (Å²) in [5.41, 5.74) is -0.0765. The molecule has 2 aromatic carbocycles. The summed E-state index contributed by atoms with van der Waals surface area (Å²) in [5.74, 6) is -1.82. The molecule has 0 radical (unpaired) electrons. The molecule has 2 unspecified atom stereocenters. The number of carbonyl (C=O) groups excluding carboxylic acids is 1. The maximum atomic E-state index is 14.1. The van der Waals surface area contributed by atoms with Gasteiger partial charge in [0.25, 0.3) is 0 Å². The highest BCUT2D eigenvalue weighted by Gasteiger charge is 2.48. The van der Waals surface area contributed by atoms with Crippen LogP contribution < -0.4 is 0 Å². The van der Waals surface area contributed by atoms with Gasteiger partial charge in [-0.25, -0.2) is 13.6 Å². The molecule has 1 amide bonds. The third-order valence-corrected chi connectivity index (χ3v) is 6.06. The second-order valence-electron chi connectivity index (χ2n) is 8.21. The van der Waals surface area contributed by atoms with Gasteiger partial charge in [0.15, 0.2) is 11.6 Å². The van der Waals surface area contributed by atoms with Crippen molar-refractivity contribution >= 4 is 6.09 Å². The third kappa shape index (κ3) is 4.27. The van der Waals surface area contributed by atoms with E-state index in [2.05, 4.69) is 0 Å². The van der Waals surface area contributed by atoms with Gasteiger partial charge in [-0.3, -0.25) is 0 Å². The van der Waals surface area contributed by atoms with E-state index in [0.29, 0.717) is 12.8 Å². The minimum atomic E-state index is -1.17. The second kappa shape index (κ2) is 8.11. The zero-order chi connectivity index (χ0) is 20.4. The lowest BCUT2D eigenvalue weighted by atomic mass is 9.73. The Bertz CT molecular complexity index is 860. The summed E-state index contributed by atoms with van der Waals surface area (Å²) >= 11 is 0. The fourth-order valence-electron chi connectivity index (χ4n) is 4.80. The van der Waals surface area contributed by atoms with Crippen molar-refractivity contribution < 1.29 is 23.4 Å². The van der Waals surface area contributed by atoms with E-state index in [1.165, 1.54) is 12.1 Å². The summed E-state index contributed by atoms with van der Waals surface area (Å²) in [6.07, 6.45) is 2.84. The van der Waals surface area contributed by atoms with Crippen molar-refractivity contribution in [1.82, 2.24) is 4.90 Å². The van der Waals surface area contributed by atoms with Gasteiger partial charge in [-0.1, -0.05) is 42.5 Å². The number of halogens is 2. The van der Waals surface area contributed by atoms with Crippen LogP contribution in [0.3, 0.4) is 0 Å². The Morgan fingerprint density at radius 2 is 1.76 bits per heavy atom. The van der Waals surface area contributed by atoms with Gasteiger partial charge < -0.3 is 14.7 Å². The van der Waals surface area contributed by atoms with Crippen molar-refractivity contribution in [1.29, 1.82) is 0 Å². The van der Waals surface area contributed by atoms with E-state index < -0.39 is 17.2 Å². The lowest BCUT2D eigenvalue weighted by Crippen LogP contribution is -2.60. The number of carbonyl (C=O) groups is 1. The number of fused-ring (bicyclic) bond motifs is 2. The van der Waals surface area contributed by atoms with Crippen molar-refractivity contribution in [2.75, 3.05) is 0 Å². The van der Waals surface area contributed by atoms with Gasteiger partial charge in [-0.05, 0) is 49.3 Å². The first-order valence-corrected chi connectivity index (χ1v) is 10.1. The van der Waals surface area contributed by atoms with Gasteiger partial charge in [0.2, 0.25) is 0 Å². The molecule has 6 heteroatoms. The van der Waals surface area contributed by atoms with Crippen LogP contribution in [0.2, 0.25) is 0 Å². The number of rotatable bonds is 4. The Morgan fingerprint density at radius 1 is 1.07 bits per heavy atom. The Kier molecular flexibility index (Phi) is 5.54. The highest BCUT2D eigenvalue weighted by Crippen LogP contribution is 2.41. The molecule has 29 heavy (non-hydrogen) atoms. The Balaban J connectivity index is 1.45. The topological polar surface area (TPSA) is 49.8 Å². The van der Waals surface area contributed by atoms with Crippen LogP contribution in [0.5, 0.6) is 0 Å². The lowest BCUT2D eigenvalue weighted by Gasteiger charge is -2.51. The lowest BCUT2D eigenvalue weighted by molar-refractivity contribution is -0.0849. The minimum Gasteiger partial charge on any atom is -0.445 e. The summed E-state index contributed by atoms with van der Waals surface area (Å²) in [6, 6.07) is 13.2. The van der Waals surface area contributed by atoms with Crippen molar-refractivity contribution in [2.45, 2.75) is 62.8 Å². The first kappa shape index (κ1) is 19.8.